The van der Waals surface area contributed by atoms with Crippen molar-refractivity contribution in [1.29, 1.82) is 0 Å². The van der Waals surface area contributed by atoms with Crippen molar-refractivity contribution in [3.05, 3.63) is 41.0 Å². The molecule has 1 unspecified atom stereocenters. The van der Waals surface area contributed by atoms with Crippen LogP contribution in [0.5, 0.6) is 0 Å². The van der Waals surface area contributed by atoms with E-state index in [2.05, 4.69) is 47.4 Å². The first-order chi connectivity index (χ1) is 12.1. The van der Waals surface area contributed by atoms with Gasteiger partial charge < -0.3 is 10.0 Å². The highest BCUT2D eigenvalue weighted by Crippen LogP contribution is 2.40. The van der Waals surface area contributed by atoms with Gasteiger partial charge in [0.15, 0.2) is 0 Å². The van der Waals surface area contributed by atoms with Crippen molar-refractivity contribution in [3.8, 4) is 11.1 Å². The van der Waals surface area contributed by atoms with Gasteiger partial charge in [0.05, 0.1) is 5.39 Å². The fourth-order valence-corrected chi connectivity index (χ4v) is 4.39. The molecular formula is C19H19N3O2S. The fourth-order valence-electron chi connectivity index (χ4n) is 3.48. The van der Waals surface area contributed by atoms with Crippen molar-refractivity contribution in [3.63, 3.8) is 0 Å². The van der Waals surface area contributed by atoms with Crippen LogP contribution in [-0.4, -0.2) is 33.6 Å². The van der Waals surface area contributed by atoms with E-state index in [-0.39, 0.29) is 0 Å². The maximum atomic E-state index is 11.6. The summed E-state index contributed by atoms with van der Waals surface area (Å²) in [7, 11) is 0. The van der Waals surface area contributed by atoms with Gasteiger partial charge in [-0.05, 0) is 43.4 Å². The summed E-state index contributed by atoms with van der Waals surface area (Å²) in [5.41, 5.74) is 4.69. The number of rotatable bonds is 3. The normalized spacial score (nSPS) is 17.4. The number of aliphatic carboxylic acids is 1. The molecule has 3 aromatic rings. The van der Waals surface area contributed by atoms with Crippen molar-refractivity contribution in [1.82, 2.24) is 9.97 Å². The lowest BCUT2D eigenvalue weighted by molar-refractivity contribution is -0.138. The van der Waals surface area contributed by atoms with Gasteiger partial charge in [0.1, 0.15) is 23.0 Å². The minimum absolute atomic E-state index is 0.509. The molecule has 25 heavy (non-hydrogen) atoms. The molecular weight excluding hydrogens is 334 g/mol. The SMILES string of the molecule is Cc1ccc(-c2csc3ncnc(N4CCCC4C(=O)O)c23)cc1C. The van der Waals surface area contributed by atoms with Gasteiger partial charge in [-0.2, -0.15) is 0 Å². The lowest BCUT2D eigenvalue weighted by Gasteiger charge is -2.23. The number of carboxylic acid groups (broad SMARTS) is 1. The van der Waals surface area contributed by atoms with E-state index in [0.29, 0.717) is 13.0 Å². The molecule has 0 saturated carbocycles. The predicted molar refractivity (Wildman–Crippen MR) is 100 cm³/mol. The van der Waals surface area contributed by atoms with Crippen LogP contribution in [0, 0.1) is 13.8 Å². The summed E-state index contributed by atoms with van der Waals surface area (Å²) in [5, 5.41) is 12.6. The molecule has 0 amide bonds. The van der Waals surface area contributed by atoms with Gasteiger partial charge in [0, 0.05) is 17.5 Å². The fraction of sp³-hybridized carbons (Fsp3) is 0.316. The van der Waals surface area contributed by atoms with E-state index in [1.165, 1.54) is 17.5 Å². The lowest BCUT2D eigenvalue weighted by Crippen LogP contribution is -2.36. The number of benzene rings is 1. The summed E-state index contributed by atoms with van der Waals surface area (Å²) >= 11 is 1.58. The third-order valence-corrected chi connectivity index (χ3v) is 5.86. The maximum absolute atomic E-state index is 11.6. The molecule has 1 aliphatic rings. The topological polar surface area (TPSA) is 66.3 Å². The number of nitrogens with zero attached hydrogens (tertiary/aromatic N) is 3. The zero-order valence-corrected chi connectivity index (χ0v) is 15.0. The number of carbonyl (C=O) groups is 1. The second-order valence-corrected chi connectivity index (χ2v) is 7.37. The number of fused-ring (bicyclic) bond motifs is 1. The molecule has 2 aromatic heterocycles. The molecule has 1 atom stereocenters. The quantitative estimate of drug-likeness (QED) is 0.770. The van der Waals surface area contributed by atoms with Gasteiger partial charge in [-0.25, -0.2) is 14.8 Å². The number of thiophene rings is 1. The Labute approximate surface area is 150 Å². The summed E-state index contributed by atoms with van der Waals surface area (Å²) in [6.07, 6.45) is 3.06. The number of anilines is 1. The summed E-state index contributed by atoms with van der Waals surface area (Å²) in [4.78, 5) is 23.3. The predicted octanol–water partition coefficient (Wildman–Crippen LogP) is 4.03. The second-order valence-electron chi connectivity index (χ2n) is 6.52. The monoisotopic (exact) mass is 353 g/mol. The van der Waals surface area contributed by atoms with Gasteiger partial charge >= 0.3 is 5.97 Å². The molecule has 128 valence electrons. The molecule has 3 heterocycles. The zero-order valence-electron chi connectivity index (χ0n) is 14.2. The molecule has 0 spiro atoms. The number of hydrogen-bond donors (Lipinski definition) is 1. The third kappa shape index (κ3) is 2.66. The van der Waals surface area contributed by atoms with Gasteiger partial charge in [-0.3, -0.25) is 0 Å². The summed E-state index contributed by atoms with van der Waals surface area (Å²) in [5.74, 6) is -0.0448. The summed E-state index contributed by atoms with van der Waals surface area (Å²) in [6, 6.07) is 5.89. The van der Waals surface area contributed by atoms with Crippen molar-refractivity contribution in [2.45, 2.75) is 32.7 Å². The summed E-state index contributed by atoms with van der Waals surface area (Å²) < 4.78 is 0. The Morgan fingerprint density at radius 2 is 2.12 bits per heavy atom. The number of aromatic nitrogens is 2. The Kier molecular flexibility index (Phi) is 3.92. The van der Waals surface area contributed by atoms with E-state index in [1.54, 1.807) is 11.3 Å². The maximum Gasteiger partial charge on any atom is 0.326 e. The number of carboxylic acids is 1. The van der Waals surface area contributed by atoms with Crippen LogP contribution in [0.4, 0.5) is 5.82 Å². The van der Waals surface area contributed by atoms with Crippen LogP contribution in [0.25, 0.3) is 21.3 Å². The van der Waals surface area contributed by atoms with Crippen LogP contribution in [-0.2, 0) is 4.79 Å². The molecule has 1 saturated heterocycles. The largest absolute Gasteiger partial charge is 0.480 e. The van der Waals surface area contributed by atoms with Crippen LogP contribution in [0.15, 0.2) is 29.9 Å². The Balaban J connectivity index is 1.90. The van der Waals surface area contributed by atoms with Crippen LogP contribution < -0.4 is 4.90 Å². The summed E-state index contributed by atoms with van der Waals surface area (Å²) in [6.45, 7) is 4.91. The molecule has 1 fully saturated rings. The molecule has 1 aliphatic heterocycles. The van der Waals surface area contributed by atoms with Crippen molar-refractivity contribution >= 4 is 33.3 Å². The molecule has 0 bridgehead atoms. The first kappa shape index (κ1) is 16.0. The minimum Gasteiger partial charge on any atom is -0.480 e. The van der Waals surface area contributed by atoms with E-state index in [4.69, 9.17) is 0 Å². The highest BCUT2D eigenvalue weighted by molar-refractivity contribution is 7.17. The average molecular weight is 353 g/mol. The third-order valence-electron chi connectivity index (χ3n) is 4.98. The van der Waals surface area contributed by atoms with E-state index in [0.717, 1.165) is 33.6 Å². The Hall–Kier alpha value is -2.47. The molecule has 0 radical (unpaired) electrons. The molecule has 1 aromatic carbocycles. The Morgan fingerprint density at radius 3 is 2.88 bits per heavy atom. The van der Waals surface area contributed by atoms with E-state index in [9.17, 15) is 9.90 Å². The molecule has 4 rings (SSSR count). The number of hydrogen-bond acceptors (Lipinski definition) is 5. The molecule has 1 N–H and O–H groups in total. The molecule has 0 aliphatic carbocycles. The highest BCUT2D eigenvalue weighted by atomic mass is 32.1. The first-order valence-electron chi connectivity index (χ1n) is 8.35. The molecule has 6 heteroatoms. The van der Waals surface area contributed by atoms with E-state index >= 15 is 0 Å². The standard InChI is InChI=1S/C19H19N3O2S/c1-11-5-6-13(8-12(11)2)14-9-25-18-16(14)17(20-10-21-18)22-7-3-4-15(22)19(23)24/h5-6,8-10,15H,3-4,7H2,1-2H3,(H,23,24). The van der Waals surface area contributed by atoms with E-state index < -0.39 is 12.0 Å². The highest BCUT2D eigenvalue weighted by Gasteiger charge is 2.33. The Morgan fingerprint density at radius 1 is 1.28 bits per heavy atom. The number of aryl methyl sites for hydroxylation is 2. The van der Waals surface area contributed by atoms with Crippen LogP contribution in [0.3, 0.4) is 0 Å². The van der Waals surface area contributed by atoms with Gasteiger partial charge in [0.2, 0.25) is 0 Å². The van der Waals surface area contributed by atoms with Crippen LogP contribution >= 0.6 is 11.3 Å². The van der Waals surface area contributed by atoms with Crippen molar-refractivity contribution in [2.24, 2.45) is 0 Å². The van der Waals surface area contributed by atoms with Crippen molar-refractivity contribution in [2.75, 3.05) is 11.4 Å². The Bertz CT molecular complexity index is 966. The average Bonchev–Trinajstić information content (AvgIpc) is 3.24. The smallest absolute Gasteiger partial charge is 0.326 e. The van der Waals surface area contributed by atoms with Gasteiger partial charge in [-0.15, -0.1) is 11.3 Å². The van der Waals surface area contributed by atoms with Gasteiger partial charge in [0.25, 0.3) is 0 Å². The lowest BCUT2D eigenvalue weighted by atomic mass is 10.0. The van der Waals surface area contributed by atoms with Crippen LogP contribution in [0.1, 0.15) is 24.0 Å². The molecule has 5 nitrogen and oxygen atoms in total. The van der Waals surface area contributed by atoms with E-state index in [1.807, 2.05) is 4.90 Å². The van der Waals surface area contributed by atoms with Gasteiger partial charge in [-0.1, -0.05) is 18.2 Å². The second kappa shape index (κ2) is 6.11. The first-order valence-corrected chi connectivity index (χ1v) is 9.23. The minimum atomic E-state index is -0.785. The van der Waals surface area contributed by atoms with Crippen LogP contribution in [0.2, 0.25) is 0 Å². The van der Waals surface area contributed by atoms with Crippen molar-refractivity contribution < 1.29 is 9.90 Å². The zero-order chi connectivity index (χ0) is 17.6.